The maximum atomic E-state index is 11.7. The van der Waals surface area contributed by atoms with Crippen molar-refractivity contribution >= 4 is 29.9 Å². The number of ether oxygens (including phenoxy) is 1. The van der Waals surface area contributed by atoms with E-state index in [0.29, 0.717) is 24.6 Å². The quantitative estimate of drug-likeness (QED) is 0.891. The molecule has 2 N–H and O–H groups in total. The Labute approximate surface area is 124 Å². The monoisotopic (exact) mass is 304 g/mol. The van der Waals surface area contributed by atoms with E-state index >= 15 is 0 Å². The zero-order valence-corrected chi connectivity index (χ0v) is 12.1. The lowest BCUT2D eigenvalue weighted by Gasteiger charge is -2.23. The fourth-order valence-corrected chi connectivity index (χ4v) is 1.98. The third-order valence-electron chi connectivity index (χ3n) is 2.83. The Hall–Kier alpha value is -0.810. The van der Waals surface area contributed by atoms with Crippen molar-refractivity contribution in [2.45, 2.75) is 19.0 Å². The average molecular weight is 305 g/mol. The van der Waals surface area contributed by atoms with Crippen LogP contribution in [0.25, 0.3) is 0 Å². The number of nitrogens with one attached hydrogen (secondary N) is 2. The molecule has 1 fully saturated rings. The van der Waals surface area contributed by atoms with Gasteiger partial charge >= 0.3 is 0 Å². The van der Waals surface area contributed by atoms with Crippen molar-refractivity contribution in [1.82, 2.24) is 10.6 Å². The van der Waals surface area contributed by atoms with Crippen LogP contribution in [0.3, 0.4) is 0 Å². The number of amides is 1. The molecule has 0 spiro atoms. The van der Waals surface area contributed by atoms with E-state index in [4.69, 9.17) is 16.3 Å². The van der Waals surface area contributed by atoms with Gasteiger partial charge in [-0.15, -0.1) is 12.4 Å². The van der Waals surface area contributed by atoms with Crippen LogP contribution in [0.4, 0.5) is 0 Å². The summed E-state index contributed by atoms with van der Waals surface area (Å²) >= 11 is 5.79. The smallest absolute Gasteiger partial charge is 0.221 e. The summed E-state index contributed by atoms with van der Waals surface area (Å²) < 4.78 is 5.30. The molecule has 0 aliphatic carbocycles. The van der Waals surface area contributed by atoms with E-state index in [0.717, 1.165) is 18.7 Å². The average Bonchev–Trinajstić information content (AvgIpc) is 2.39. The van der Waals surface area contributed by atoms with Crippen LogP contribution in [0, 0.1) is 0 Å². The summed E-state index contributed by atoms with van der Waals surface area (Å²) in [4.78, 5) is 11.7. The van der Waals surface area contributed by atoms with Gasteiger partial charge in [0.05, 0.1) is 13.2 Å². The van der Waals surface area contributed by atoms with Crippen LogP contribution in [-0.4, -0.2) is 31.7 Å². The van der Waals surface area contributed by atoms with E-state index in [1.165, 1.54) is 0 Å². The number of morpholine rings is 1. The van der Waals surface area contributed by atoms with Gasteiger partial charge < -0.3 is 15.4 Å². The van der Waals surface area contributed by atoms with Crippen molar-refractivity contribution < 1.29 is 9.53 Å². The number of hydrogen-bond acceptors (Lipinski definition) is 3. The summed E-state index contributed by atoms with van der Waals surface area (Å²) in [5.41, 5.74) is 1.04. The zero-order valence-electron chi connectivity index (χ0n) is 10.5. The molecule has 0 bridgehead atoms. The Morgan fingerprint density at radius 2 is 2.16 bits per heavy atom. The zero-order chi connectivity index (χ0) is 12.8. The van der Waals surface area contributed by atoms with Crippen LogP contribution >= 0.6 is 24.0 Å². The first kappa shape index (κ1) is 16.2. The van der Waals surface area contributed by atoms with Gasteiger partial charge in [-0.25, -0.2) is 0 Å². The standard InChI is InChI=1S/C13H17ClN2O2.ClH/c14-11-3-1-10(2-4-11)8-16-13(17)7-12-9-18-6-5-15-12;/h1-4,12,15H,5-9H2,(H,16,17);1H. The van der Waals surface area contributed by atoms with Crippen LogP contribution in [0.2, 0.25) is 5.02 Å². The van der Waals surface area contributed by atoms with Crippen LogP contribution in [0.15, 0.2) is 24.3 Å². The molecule has 1 amide bonds. The number of rotatable bonds is 4. The summed E-state index contributed by atoms with van der Waals surface area (Å²) in [5.74, 6) is 0.0351. The van der Waals surface area contributed by atoms with Crippen LogP contribution < -0.4 is 10.6 Å². The van der Waals surface area contributed by atoms with Crippen molar-refractivity contribution in [3.63, 3.8) is 0 Å². The maximum absolute atomic E-state index is 11.7. The highest BCUT2D eigenvalue weighted by Gasteiger charge is 2.16. The molecule has 0 saturated carbocycles. The third-order valence-corrected chi connectivity index (χ3v) is 3.09. The highest BCUT2D eigenvalue weighted by molar-refractivity contribution is 6.30. The summed E-state index contributed by atoms with van der Waals surface area (Å²) in [6, 6.07) is 7.58. The molecule has 1 aromatic carbocycles. The molecule has 19 heavy (non-hydrogen) atoms. The van der Waals surface area contributed by atoms with Crippen LogP contribution in [0.1, 0.15) is 12.0 Å². The fourth-order valence-electron chi connectivity index (χ4n) is 1.85. The molecule has 1 unspecified atom stereocenters. The van der Waals surface area contributed by atoms with Gasteiger partial charge in [-0.1, -0.05) is 23.7 Å². The van der Waals surface area contributed by atoms with Crippen molar-refractivity contribution in [3.05, 3.63) is 34.9 Å². The summed E-state index contributed by atoms with van der Waals surface area (Å²) in [7, 11) is 0. The molecule has 106 valence electrons. The first-order chi connectivity index (χ1) is 8.74. The fraction of sp³-hybridized carbons (Fsp3) is 0.462. The van der Waals surface area contributed by atoms with E-state index in [9.17, 15) is 4.79 Å². The van der Waals surface area contributed by atoms with Gasteiger partial charge in [0.1, 0.15) is 0 Å². The normalized spacial score (nSPS) is 18.5. The largest absolute Gasteiger partial charge is 0.378 e. The molecular weight excluding hydrogens is 287 g/mol. The van der Waals surface area contributed by atoms with Crippen molar-refractivity contribution in [3.8, 4) is 0 Å². The first-order valence-corrected chi connectivity index (χ1v) is 6.44. The van der Waals surface area contributed by atoms with Gasteiger partial charge in [0.2, 0.25) is 5.91 Å². The van der Waals surface area contributed by atoms with Gasteiger partial charge in [-0.05, 0) is 17.7 Å². The van der Waals surface area contributed by atoms with Gasteiger partial charge in [0.15, 0.2) is 0 Å². The van der Waals surface area contributed by atoms with Gasteiger partial charge in [0, 0.05) is 30.6 Å². The lowest BCUT2D eigenvalue weighted by atomic mass is 10.2. The van der Waals surface area contributed by atoms with E-state index in [1.54, 1.807) is 0 Å². The van der Waals surface area contributed by atoms with Crippen molar-refractivity contribution in [2.24, 2.45) is 0 Å². The molecule has 2 rings (SSSR count). The van der Waals surface area contributed by atoms with E-state index in [2.05, 4.69) is 10.6 Å². The lowest BCUT2D eigenvalue weighted by molar-refractivity contribution is -0.122. The second-order valence-electron chi connectivity index (χ2n) is 4.33. The minimum Gasteiger partial charge on any atom is -0.378 e. The number of carbonyl (C=O) groups is 1. The number of hydrogen-bond donors (Lipinski definition) is 2. The van der Waals surface area contributed by atoms with Gasteiger partial charge in [0.25, 0.3) is 0 Å². The molecule has 1 aromatic rings. The molecule has 1 aliphatic heterocycles. The molecule has 1 aliphatic rings. The molecule has 4 nitrogen and oxygen atoms in total. The Balaban J connectivity index is 0.00000180. The van der Waals surface area contributed by atoms with E-state index in [-0.39, 0.29) is 24.4 Å². The van der Waals surface area contributed by atoms with Crippen molar-refractivity contribution in [2.75, 3.05) is 19.8 Å². The highest BCUT2D eigenvalue weighted by Crippen LogP contribution is 2.09. The number of carbonyl (C=O) groups excluding carboxylic acids is 1. The van der Waals surface area contributed by atoms with E-state index < -0.39 is 0 Å². The predicted molar refractivity (Wildman–Crippen MR) is 77.8 cm³/mol. The molecule has 1 atom stereocenters. The molecule has 1 saturated heterocycles. The maximum Gasteiger partial charge on any atom is 0.221 e. The Bertz CT molecular complexity index is 392. The molecule has 1 heterocycles. The highest BCUT2D eigenvalue weighted by atomic mass is 35.5. The van der Waals surface area contributed by atoms with E-state index in [1.807, 2.05) is 24.3 Å². The summed E-state index contributed by atoms with van der Waals surface area (Å²) in [6.07, 6.45) is 0.452. The molecule has 0 aromatic heterocycles. The Kier molecular flexibility index (Phi) is 7.16. The number of benzene rings is 1. The SMILES string of the molecule is Cl.O=C(CC1COCCN1)NCc1ccc(Cl)cc1. The van der Waals surface area contributed by atoms with Crippen LogP contribution in [-0.2, 0) is 16.1 Å². The molecule has 0 radical (unpaired) electrons. The van der Waals surface area contributed by atoms with Gasteiger partial charge in [-0.2, -0.15) is 0 Å². The first-order valence-electron chi connectivity index (χ1n) is 6.06. The summed E-state index contributed by atoms with van der Waals surface area (Å²) in [5, 5.41) is 6.84. The van der Waals surface area contributed by atoms with Gasteiger partial charge in [-0.3, -0.25) is 4.79 Å². The second-order valence-corrected chi connectivity index (χ2v) is 4.77. The summed E-state index contributed by atoms with van der Waals surface area (Å²) in [6.45, 7) is 2.68. The van der Waals surface area contributed by atoms with Crippen LogP contribution in [0.5, 0.6) is 0 Å². The number of halogens is 2. The second kappa shape index (κ2) is 8.38. The third kappa shape index (κ3) is 5.78. The minimum atomic E-state index is 0. The minimum absolute atomic E-state index is 0. The molecule has 6 heteroatoms. The predicted octanol–water partition coefficient (Wildman–Crippen LogP) is 1.76. The topological polar surface area (TPSA) is 50.4 Å². The Morgan fingerprint density at radius 1 is 1.42 bits per heavy atom. The Morgan fingerprint density at radius 3 is 2.79 bits per heavy atom. The lowest BCUT2D eigenvalue weighted by Crippen LogP contribution is -2.44. The van der Waals surface area contributed by atoms with Crippen molar-refractivity contribution in [1.29, 1.82) is 0 Å². The molecular formula is C13H18Cl2N2O2.